The van der Waals surface area contributed by atoms with Gasteiger partial charge in [0.1, 0.15) is 18.1 Å². The maximum absolute atomic E-state index is 12.2. The summed E-state index contributed by atoms with van der Waals surface area (Å²) >= 11 is 0. The second kappa shape index (κ2) is 9.85. The molecule has 4 heteroatoms. The maximum Gasteiger partial charge on any atom is 0.260 e. The van der Waals surface area contributed by atoms with Crippen molar-refractivity contribution in [2.24, 2.45) is 0 Å². The van der Waals surface area contributed by atoms with E-state index in [2.05, 4.69) is 30.4 Å². The minimum absolute atomic E-state index is 0.147. The van der Waals surface area contributed by atoms with Gasteiger partial charge in [0.25, 0.3) is 5.91 Å². The molecular formula is C22H29NO3. The van der Waals surface area contributed by atoms with Crippen molar-refractivity contribution < 1.29 is 14.3 Å². The summed E-state index contributed by atoms with van der Waals surface area (Å²) in [5.74, 6) is 1.39. The zero-order valence-corrected chi connectivity index (χ0v) is 16.2. The van der Waals surface area contributed by atoms with E-state index in [0.717, 1.165) is 29.7 Å². The SMILES string of the molecule is CCCc1ccc(OCCNC(=O)C(C)Oc2cc(C)cc(C)c2)cc1. The number of carbonyl (C=O) groups is 1. The lowest BCUT2D eigenvalue weighted by Crippen LogP contribution is -2.38. The Morgan fingerprint density at radius 1 is 1.04 bits per heavy atom. The molecule has 0 saturated heterocycles. The molecule has 0 aliphatic carbocycles. The predicted molar refractivity (Wildman–Crippen MR) is 105 cm³/mol. The van der Waals surface area contributed by atoms with Gasteiger partial charge in [0.15, 0.2) is 6.10 Å². The largest absolute Gasteiger partial charge is 0.492 e. The standard InChI is InChI=1S/C22H29NO3/c1-5-6-19-7-9-20(10-8-19)25-12-11-23-22(24)18(4)26-21-14-16(2)13-17(3)15-21/h7-10,13-15,18H,5-6,11-12H2,1-4H3,(H,23,24). The summed E-state index contributed by atoms with van der Waals surface area (Å²) in [6, 6.07) is 14.0. The van der Waals surface area contributed by atoms with Gasteiger partial charge in [-0.25, -0.2) is 0 Å². The van der Waals surface area contributed by atoms with Crippen LogP contribution in [0.1, 0.15) is 37.0 Å². The number of benzene rings is 2. The number of hydrogen-bond acceptors (Lipinski definition) is 3. The Bertz CT molecular complexity index is 690. The van der Waals surface area contributed by atoms with Gasteiger partial charge in [-0.2, -0.15) is 0 Å². The third-order valence-corrected chi connectivity index (χ3v) is 4.01. The summed E-state index contributed by atoms with van der Waals surface area (Å²) in [7, 11) is 0. The van der Waals surface area contributed by atoms with Gasteiger partial charge in [-0.15, -0.1) is 0 Å². The fourth-order valence-electron chi connectivity index (χ4n) is 2.79. The normalized spacial score (nSPS) is 11.7. The molecule has 0 radical (unpaired) electrons. The van der Waals surface area contributed by atoms with Crippen molar-refractivity contribution in [1.29, 1.82) is 0 Å². The van der Waals surface area contributed by atoms with Crippen LogP contribution in [0.3, 0.4) is 0 Å². The van der Waals surface area contributed by atoms with E-state index < -0.39 is 6.10 Å². The van der Waals surface area contributed by atoms with Crippen molar-refractivity contribution in [1.82, 2.24) is 5.32 Å². The Kier molecular flexibility index (Phi) is 7.52. The Morgan fingerprint density at radius 2 is 1.69 bits per heavy atom. The minimum atomic E-state index is -0.551. The van der Waals surface area contributed by atoms with Gasteiger partial charge in [0, 0.05) is 0 Å². The van der Waals surface area contributed by atoms with Crippen LogP contribution in [0.2, 0.25) is 0 Å². The fourth-order valence-corrected chi connectivity index (χ4v) is 2.79. The summed E-state index contributed by atoms with van der Waals surface area (Å²) < 4.78 is 11.4. The molecule has 0 saturated carbocycles. The molecule has 0 aliphatic rings. The smallest absolute Gasteiger partial charge is 0.260 e. The lowest BCUT2D eigenvalue weighted by Gasteiger charge is -2.16. The first-order valence-corrected chi connectivity index (χ1v) is 9.22. The van der Waals surface area contributed by atoms with Gasteiger partial charge in [-0.05, 0) is 68.1 Å². The van der Waals surface area contributed by atoms with Gasteiger partial charge in [-0.1, -0.05) is 31.5 Å². The summed E-state index contributed by atoms with van der Waals surface area (Å²) in [6.45, 7) is 8.80. The van der Waals surface area contributed by atoms with Gasteiger partial charge < -0.3 is 14.8 Å². The van der Waals surface area contributed by atoms with E-state index in [1.807, 2.05) is 38.1 Å². The highest BCUT2D eigenvalue weighted by atomic mass is 16.5. The zero-order chi connectivity index (χ0) is 18.9. The summed E-state index contributed by atoms with van der Waals surface area (Å²) in [4.78, 5) is 12.2. The minimum Gasteiger partial charge on any atom is -0.492 e. The van der Waals surface area contributed by atoms with Crippen LogP contribution in [0, 0.1) is 13.8 Å². The van der Waals surface area contributed by atoms with Gasteiger partial charge in [0.2, 0.25) is 0 Å². The van der Waals surface area contributed by atoms with E-state index in [9.17, 15) is 4.79 Å². The van der Waals surface area contributed by atoms with Crippen molar-refractivity contribution in [2.45, 2.75) is 46.6 Å². The number of amides is 1. The average molecular weight is 355 g/mol. The third-order valence-electron chi connectivity index (χ3n) is 4.01. The number of rotatable bonds is 9. The van der Waals surface area contributed by atoms with Crippen LogP contribution in [-0.2, 0) is 11.2 Å². The average Bonchev–Trinajstić information content (AvgIpc) is 2.59. The lowest BCUT2D eigenvalue weighted by atomic mass is 10.1. The molecule has 2 aromatic carbocycles. The molecule has 1 atom stereocenters. The van der Waals surface area contributed by atoms with Crippen LogP contribution in [0.25, 0.3) is 0 Å². The van der Waals surface area contributed by atoms with E-state index in [1.165, 1.54) is 5.56 Å². The first-order valence-electron chi connectivity index (χ1n) is 9.22. The molecule has 1 N–H and O–H groups in total. The van der Waals surface area contributed by atoms with E-state index in [1.54, 1.807) is 6.92 Å². The quantitative estimate of drug-likeness (QED) is 0.685. The number of carbonyl (C=O) groups excluding carboxylic acids is 1. The summed E-state index contributed by atoms with van der Waals surface area (Å²) in [5, 5.41) is 2.84. The zero-order valence-electron chi connectivity index (χ0n) is 16.2. The first kappa shape index (κ1) is 19.8. The number of hydrogen-bond donors (Lipinski definition) is 1. The van der Waals surface area contributed by atoms with Crippen molar-refractivity contribution in [3.05, 3.63) is 59.2 Å². The molecule has 140 valence electrons. The van der Waals surface area contributed by atoms with E-state index in [-0.39, 0.29) is 5.91 Å². The van der Waals surface area contributed by atoms with E-state index >= 15 is 0 Å². The highest BCUT2D eigenvalue weighted by Crippen LogP contribution is 2.17. The van der Waals surface area contributed by atoms with Crippen molar-refractivity contribution >= 4 is 5.91 Å². The van der Waals surface area contributed by atoms with Crippen molar-refractivity contribution in [3.63, 3.8) is 0 Å². The van der Waals surface area contributed by atoms with Crippen LogP contribution >= 0.6 is 0 Å². The molecule has 26 heavy (non-hydrogen) atoms. The highest BCUT2D eigenvalue weighted by Gasteiger charge is 2.14. The van der Waals surface area contributed by atoms with Crippen LogP contribution in [0.4, 0.5) is 0 Å². The molecule has 1 amide bonds. The molecule has 1 unspecified atom stereocenters. The topological polar surface area (TPSA) is 47.6 Å². The van der Waals surface area contributed by atoms with E-state index in [0.29, 0.717) is 18.9 Å². The van der Waals surface area contributed by atoms with Gasteiger partial charge >= 0.3 is 0 Å². The van der Waals surface area contributed by atoms with Crippen LogP contribution in [0.15, 0.2) is 42.5 Å². The number of aryl methyl sites for hydroxylation is 3. The first-order chi connectivity index (χ1) is 12.5. The van der Waals surface area contributed by atoms with Crippen LogP contribution in [0.5, 0.6) is 11.5 Å². The fraction of sp³-hybridized carbons (Fsp3) is 0.409. The maximum atomic E-state index is 12.2. The Hall–Kier alpha value is -2.49. The van der Waals surface area contributed by atoms with Crippen molar-refractivity contribution in [3.8, 4) is 11.5 Å². The molecule has 0 fully saturated rings. The highest BCUT2D eigenvalue weighted by molar-refractivity contribution is 5.80. The Balaban J connectivity index is 1.72. The van der Waals surface area contributed by atoms with Crippen molar-refractivity contribution in [2.75, 3.05) is 13.2 Å². The molecule has 0 aromatic heterocycles. The monoisotopic (exact) mass is 355 g/mol. The van der Waals surface area contributed by atoms with E-state index in [4.69, 9.17) is 9.47 Å². The second-order valence-electron chi connectivity index (χ2n) is 6.62. The van der Waals surface area contributed by atoms with Crippen LogP contribution < -0.4 is 14.8 Å². The molecule has 0 aliphatic heterocycles. The van der Waals surface area contributed by atoms with Gasteiger partial charge in [0.05, 0.1) is 6.54 Å². The lowest BCUT2D eigenvalue weighted by molar-refractivity contribution is -0.127. The number of nitrogens with one attached hydrogen (secondary N) is 1. The third kappa shape index (κ3) is 6.43. The van der Waals surface area contributed by atoms with Crippen LogP contribution in [-0.4, -0.2) is 25.2 Å². The Morgan fingerprint density at radius 3 is 2.31 bits per heavy atom. The predicted octanol–water partition coefficient (Wildman–Crippen LogP) is 4.22. The number of ether oxygens (including phenoxy) is 2. The molecule has 2 aromatic rings. The second-order valence-corrected chi connectivity index (χ2v) is 6.62. The summed E-state index contributed by atoms with van der Waals surface area (Å²) in [5.41, 5.74) is 3.54. The molecule has 0 heterocycles. The molecule has 0 bridgehead atoms. The molecule has 4 nitrogen and oxygen atoms in total. The molecular weight excluding hydrogens is 326 g/mol. The molecule has 0 spiro atoms. The Labute approximate surface area is 156 Å². The van der Waals surface area contributed by atoms with Gasteiger partial charge in [-0.3, -0.25) is 4.79 Å². The summed E-state index contributed by atoms with van der Waals surface area (Å²) in [6.07, 6.45) is 1.66. The molecule has 2 rings (SSSR count).